The largest absolute Gasteiger partial charge is 0.506 e. The van der Waals surface area contributed by atoms with Crippen molar-refractivity contribution in [1.29, 1.82) is 0 Å². The number of pyridine rings is 1. The van der Waals surface area contributed by atoms with E-state index in [-0.39, 0.29) is 17.4 Å². The average Bonchev–Trinajstić information content (AvgIpc) is 4.03. The molecule has 4 aromatic heterocycles. The van der Waals surface area contributed by atoms with Gasteiger partial charge in [-0.15, -0.1) is 27.8 Å². The Morgan fingerprint density at radius 1 is 1.12 bits per heavy atom. The maximum absolute atomic E-state index is 13.5. The molecule has 0 bridgehead atoms. The molecule has 15 heteroatoms. The Balaban J connectivity index is 0.843. The first-order valence-electron chi connectivity index (χ1n) is 19.1. The minimum Gasteiger partial charge on any atom is -0.506 e. The number of benzene rings is 2. The minimum absolute atomic E-state index is 0.0326. The highest BCUT2D eigenvalue weighted by atomic mass is 79.9. The fraction of sp³-hybridized carbons (Fsp3) is 0.415. The number of ether oxygens (including phenoxy) is 1. The van der Waals surface area contributed by atoms with E-state index in [0.29, 0.717) is 45.4 Å². The maximum atomic E-state index is 13.5. The number of fused-ring (bicyclic) bond motifs is 4. The van der Waals surface area contributed by atoms with Gasteiger partial charge in [0.1, 0.15) is 17.4 Å². The van der Waals surface area contributed by atoms with Crippen molar-refractivity contribution in [3.63, 3.8) is 0 Å². The molecule has 5 N–H and O–H groups in total. The third kappa shape index (κ3) is 7.70. The highest BCUT2D eigenvalue weighted by Gasteiger charge is 2.45. The Labute approximate surface area is 340 Å². The lowest BCUT2D eigenvalue weighted by atomic mass is 9.91. The van der Waals surface area contributed by atoms with Crippen molar-refractivity contribution < 1.29 is 24.9 Å². The first-order valence-corrected chi connectivity index (χ1v) is 21.6. The third-order valence-corrected chi connectivity index (χ3v) is 14.1. The Morgan fingerprint density at radius 2 is 1.95 bits per heavy atom. The van der Waals surface area contributed by atoms with Crippen molar-refractivity contribution in [3.8, 4) is 5.75 Å². The van der Waals surface area contributed by atoms with Gasteiger partial charge in [0.25, 0.3) is 0 Å². The van der Waals surface area contributed by atoms with Gasteiger partial charge < -0.3 is 35.3 Å². The van der Waals surface area contributed by atoms with Gasteiger partial charge >= 0.3 is 5.97 Å². The Kier molecular flexibility index (Phi) is 11.5. The Morgan fingerprint density at radius 3 is 2.71 bits per heavy atom. The Hall–Kier alpha value is -3.96. The molecule has 1 fully saturated rings. The number of aromatic amines is 1. The average molecular weight is 862 g/mol. The number of esters is 1. The molecular weight excluding hydrogens is 817 g/mol. The van der Waals surface area contributed by atoms with Crippen LogP contribution in [-0.2, 0) is 41.1 Å². The van der Waals surface area contributed by atoms with Crippen molar-refractivity contribution in [2.24, 2.45) is 0 Å². The molecule has 0 aliphatic heterocycles. The summed E-state index contributed by atoms with van der Waals surface area (Å²) < 4.78 is 8.90. The van der Waals surface area contributed by atoms with Crippen molar-refractivity contribution in [2.45, 2.75) is 88.3 Å². The van der Waals surface area contributed by atoms with E-state index in [1.165, 1.54) is 51.5 Å². The number of rotatable bonds is 14. The standard InChI is InChI=1S/C41H45BrN6O6S2/c1-47(25-8-10-26(11-9-25)54-40(52)41(53,34-7-3-20-55-34)35-15-16-36(42)56-35)18-4-19-48-39-30-6-2-5-27(30)24(21-31(39)45-46-48)22-43-23-33(50)28-12-14-32(49)38-29(28)13-17-37(51)44-38/h3,7,12-17,20-21,25-26,33,43,49-50,53H,2,4-6,8-11,18-19,22-23H2,1H3,(H,44,51)/t25?,26?,33-,41-/m0/s1. The molecule has 0 unspecified atom stereocenters. The van der Waals surface area contributed by atoms with Crippen LogP contribution >= 0.6 is 38.6 Å². The minimum atomic E-state index is -1.82. The number of aromatic nitrogens is 4. The summed E-state index contributed by atoms with van der Waals surface area (Å²) in [6, 6.07) is 15.9. The van der Waals surface area contributed by atoms with Crippen LogP contribution in [0.2, 0.25) is 0 Å². The van der Waals surface area contributed by atoms with Gasteiger partial charge in [-0.2, -0.15) is 0 Å². The lowest BCUT2D eigenvalue weighted by Gasteiger charge is -2.35. The number of H-pyrrole nitrogens is 1. The lowest BCUT2D eigenvalue weighted by molar-refractivity contribution is -0.169. The quantitative estimate of drug-likeness (QED) is 0.0787. The summed E-state index contributed by atoms with van der Waals surface area (Å²) >= 11 is 6.14. The van der Waals surface area contributed by atoms with Crippen LogP contribution in [0.25, 0.3) is 21.9 Å². The summed E-state index contributed by atoms with van der Waals surface area (Å²) in [5, 5.41) is 48.1. The van der Waals surface area contributed by atoms with E-state index in [4.69, 9.17) is 4.74 Å². The number of aliphatic hydroxyl groups excluding tert-OH is 1. The summed E-state index contributed by atoms with van der Waals surface area (Å²) in [5.41, 5.74) is 4.64. The second-order valence-corrected chi connectivity index (χ2v) is 18.3. The van der Waals surface area contributed by atoms with Gasteiger partial charge in [-0.3, -0.25) is 4.79 Å². The Bertz CT molecular complexity index is 2400. The van der Waals surface area contributed by atoms with Crippen LogP contribution < -0.4 is 10.9 Å². The molecule has 294 valence electrons. The SMILES string of the molecule is CN(CCCn1nnc2cc(CNC[C@H](O)c3ccc(O)c4[nH]c(=O)ccc34)c3c(c21)CCC3)C1CCC(OC(=O)[C@](O)(c2cccs2)c2ccc(Br)s2)CC1. The molecule has 2 atom stereocenters. The summed E-state index contributed by atoms with van der Waals surface area (Å²) in [7, 11) is 2.17. The zero-order valence-corrected chi connectivity index (χ0v) is 34.3. The molecule has 0 radical (unpaired) electrons. The first-order chi connectivity index (χ1) is 27.1. The molecule has 2 aliphatic rings. The highest BCUT2D eigenvalue weighted by Crippen LogP contribution is 2.40. The van der Waals surface area contributed by atoms with Crippen LogP contribution in [0.1, 0.15) is 76.6 Å². The zero-order valence-electron chi connectivity index (χ0n) is 31.0. The van der Waals surface area contributed by atoms with E-state index in [9.17, 15) is 24.9 Å². The summed E-state index contributed by atoms with van der Waals surface area (Å²) in [5.74, 6) is -0.644. The number of phenols is 1. The van der Waals surface area contributed by atoms with Gasteiger partial charge in [-0.25, -0.2) is 9.48 Å². The van der Waals surface area contributed by atoms with Crippen LogP contribution in [0.4, 0.5) is 0 Å². The van der Waals surface area contributed by atoms with E-state index in [1.54, 1.807) is 24.3 Å². The van der Waals surface area contributed by atoms with Gasteiger partial charge in [-0.05, 0) is 145 Å². The molecule has 2 aliphatic carbocycles. The molecule has 4 heterocycles. The molecular formula is C41H45BrN6O6S2. The number of phenolic OH excluding ortho intramolecular Hbond substituents is 1. The summed E-state index contributed by atoms with van der Waals surface area (Å²) in [4.78, 5) is 31.5. The molecule has 6 aromatic rings. The van der Waals surface area contributed by atoms with Gasteiger partial charge in [0.15, 0.2) is 0 Å². The van der Waals surface area contributed by atoms with Crippen molar-refractivity contribution >= 4 is 66.5 Å². The molecule has 1 saturated carbocycles. The smallest absolute Gasteiger partial charge is 0.349 e. The predicted molar refractivity (Wildman–Crippen MR) is 221 cm³/mol. The van der Waals surface area contributed by atoms with Crippen LogP contribution in [0.3, 0.4) is 0 Å². The van der Waals surface area contributed by atoms with Crippen molar-refractivity contribution in [2.75, 3.05) is 20.1 Å². The number of aliphatic hydroxyl groups is 2. The van der Waals surface area contributed by atoms with Gasteiger partial charge in [-0.1, -0.05) is 17.3 Å². The number of carbonyl (C=O) groups is 1. The van der Waals surface area contributed by atoms with Crippen molar-refractivity contribution in [3.05, 3.63) is 106 Å². The number of halogens is 1. The predicted octanol–water partition coefficient (Wildman–Crippen LogP) is 6.29. The van der Waals surface area contributed by atoms with Crippen LogP contribution in [-0.4, -0.2) is 78.4 Å². The van der Waals surface area contributed by atoms with E-state index in [1.807, 2.05) is 17.5 Å². The van der Waals surface area contributed by atoms with E-state index in [0.717, 1.165) is 79.3 Å². The molecule has 0 spiro atoms. The first kappa shape index (κ1) is 38.9. The number of nitrogens with zero attached hydrogens (tertiary/aromatic N) is 4. The summed E-state index contributed by atoms with van der Waals surface area (Å²) in [6.07, 6.45) is 6.23. The molecule has 2 aromatic carbocycles. The van der Waals surface area contributed by atoms with Gasteiger partial charge in [0.05, 0.1) is 30.7 Å². The van der Waals surface area contributed by atoms with Crippen LogP contribution in [0.15, 0.2) is 68.6 Å². The number of carbonyl (C=O) groups excluding carboxylic acids is 1. The second kappa shape index (κ2) is 16.5. The van der Waals surface area contributed by atoms with Crippen LogP contribution in [0, 0.1) is 0 Å². The van der Waals surface area contributed by atoms with Crippen LogP contribution in [0.5, 0.6) is 5.75 Å². The molecule has 0 saturated heterocycles. The van der Waals surface area contributed by atoms with Crippen molar-refractivity contribution in [1.82, 2.24) is 30.2 Å². The molecule has 0 amide bonds. The number of thiophene rings is 2. The molecule has 12 nitrogen and oxygen atoms in total. The fourth-order valence-corrected chi connectivity index (χ4v) is 10.8. The lowest BCUT2D eigenvalue weighted by Crippen LogP contribution is -2.42. The second-order valence-electron chi connectivity index (χ2n) is 14.9. The third-order valence-electron chi connectivity index (χ3n) is 11.4. The number of nitrogens with one attached hydrogen (secondary N) is 2. The van der Waals surface area contributed by atoms with Gasteiger partial charge in [0.2, 0.25) is 11.2 Å². The zero-order chi connectivity index (χ0) is 39.0. The number of aromatic hydroxyl groups is 1. The van der Waals surface area contributed by atoms with E-state index < -0.39 is 17.7 Å². The number of hydrogen-bond acceptors (Lipinski definition) is 12. The number of hydrogen-bond donors (Lipinski definition) is 5. The highest BCUT2D eigenvalue weighted by molar-refractivity contribution is 9.11. The normalized spacial score (nSPS) is 18.7. The molecule has 56 heavy (non-hydrogen) atoms. The van der Waals surface area contributed by atoms with Gasteiger partial charge in [0, 0.05) is 37.1 Å². The fourth-order valence-electron chi connectivity index (χ4n) is 8.47. The molecule has 8 rings (SSSR count). The van der Waals surface area contributed by atoms with E-state index >= 15 is 0 Å². The topological polar surface area (TPSA) is 166 Å². The summed E-state index contributed by atoms with van der Waals surface area (Å²) in [6.45, 7) is 2.53. The van der Waals surface area contributed by atoms with E-state index in [2.05, 4.69) is 59.2 Å². The number of aryl methyl sites for hydroxylation is 2. The maximum Gasteiger partial charge on any atom is 0.349 e. The monoisotopic (exact) mass is 860 g/mol.